The minimum atomic E-state index is -0.736. The number of ether oxygens (including phenoxy) is 2. The Hall–Kier alpha value is -3.63. The quantitative estimate of drug-likeness (QED) is 0.447. The zero-order valence-corrected chi connectivity index (χ0v) is 18.3. The highest BCUT2D eigenvalue weighted by molar-refractivity contribution is 7.16. The smallest absolute Gasteiger partial charge is 0.280 e. The number of rotatable bonds is 4. The molecule has 0 spiro atoms. The molecule has 3 aliphatic rings. The van der Waals surface area contributed by atoms with Crippen molar-refractivity contribution in [2.45, 2.75) is 25.7 Å². The minimum absolute atomic E-state index is 0.0155. The zero-order chi connectivity index (χ0) is 22.5. The molecule has 0 fully saturated rings. The van der Waals surface area contributed by atoms with Crippen molar-refractivity contribution >= 4 is 27.9 Å². The Morgan fingerprint density at radius 1 is 1.15 bits per heavy atom. The van der Waals surface area contributed by atoms with Crippen LogP contribution in [-0.2, 0) is 19.5 Å². The van der Waals surface area contributed by atoms with Crippen LogP contribution in [0.15, 0.2) is 42.5 Å². The average Bonchev–Trinajstić information content (AvgIpc) is 3.42. The number of hydrogen-bond acceptors (Lipinski definition) is 8. The lowest BCUT2D eigenvalue weighted by Gasteiger charge is -2.28. The fourth-order valence-electron chi connectivity index (χ4n) is 4.64. The van der Waals surface area contributed by atoms with Crippen LogP contribution in [0.3, 0.4) is 0 Å². The fourth-order valence-corrected chi connectivity index (χ4v) is 5.95. The van der Waals surface area contributed by atoms with Crippen LogP contribution in [0.5, 0.6) is 11.5 Å². The van der Waals surface area contributed by atoms with Gasteiger partial charge in [-0.2, -0.15) is 0 Å². The summed E-state index contributed by atoms with van der Waals surface area (Å²) >= 11 is 1.55. The first-order valence-corrected chi connectivity index (χ1v) is 11.4. The molecule has 4 heterocycles. The van der Waals surface area contributed by atoms with E-state index in [2.05, 4.69) is 27.7 Å². The molecule has 0 unspecified atom stereocenters. The number of benzene rings is 2. The highest BCUT2D eigenvalue weighted by atomic mass is 32.1. The van der Waals surface area contributed by atoms with Gasteiger partial charge in [0.15, 0.2) is 11.5 Å². The van der Waals surface area contributed by atoms with Gasteiger partial charge in [0.05, 0.1) is 22.1 Å². The van der Waals surface area contributed by atoms with Crippen LogP contribution in [0.25, 0.3) is 0 Å². The Morgan fingerprint density at radius 2 is 1.94 bits per heavy atom. The second-order valence-corrected chi connectivity index (χ2v) is 9.33. The van der Waals surface area contributed by atoms with Crippen molar-refractivity contribution in [1.82, 2.24) is 10.2 Å². The van der Waals surface area contributed by atoms with E-state index >= 15 is 0 Å². The third-order valence-electron chi connectivity index (χ3n) is 6.19. The first kappa shape index (κ1) is 20.0. The molecular formula is C23H20N4O5S. The molecule has 33 heavy (non-hydrogen) atoms. The van der Waals surface area contributed by atoms with Crippen molar-refractivity contribution in [3.8, 4) is 11.5 Å². The number of carbonyl (C=O) groups is 1. The molecule has 6 rings (SSSR count). The van der Waals surface area contributed by atoms with Crippen LogP contribution < -0.4 is 20.1 Å². The molecule has 0 saturated carbocycles. The Balaban J connectivity index is 1.29. The number of nitro benzene ring substituents is 1. The van der Waals surface area contributed by atoms with Gasteiger partial charge in [-0.1, -0.05) is 30.3 Å². The zero-order valence-electron chi connectivity index (χ0n) is 17.5. The third-order valence-corrected chi connectivity index (χ3v) is 7.34. The summed E-state index contributed by atoms with van der Waals surface area (Å²) in [5, 5.41) is 18.7. The summed E-state index contributed by atoms with van der Waals surface area (Å²) in [5.41, 5.74) is 3.20. The summed E-state index contributed by atoms with van der Waals surface area (Å²) < 4.78 is 10.7. The Morgan fingerprint density at radius 3 is 2.73 bits per heavy atom. The van der Waals surface area contributed by atoms with Crippen LogP contribution in [0.2, 0.25) is 0 Å². The van der Waals surface area contributed by atoms with Gasteiger partial charge in [0.1, 0.15) is 11.2 Å². The lowest BCUT2D eigenvalue weighted by molar-refractivity contribution is -0.385. The first-order valence-electron chi connectivity index (χ1n) is 10.6. The van der Waals surface area contributed by atoms with Gasteiger partial charge in [-0.25, -0.2) is 0 Å². The third kappa shape index (κ3) is 3.47. The highest BCUT2D eigenvalue weighted by Gasteiger charge is 2.36. The van der Waals surface area contributed by atoms with E-state index in [1.807, 2.05) is 18.2 Å². The number of thiophene rings is 1. The molecule has 1 aromatic heterocycles. The van der Waals surface area contributed by atoms with Crippen LogP contribution >= 0.6 is 11.3 Å². The van der Waals surface area contributed by atoms with Crippen LogP contribution in [0, 0.1) is 10.1 Å². The molecule has 3 aromatic rings. The predicted molar refractivity (Wildman–Crippen MR) is 122 cm³/mol. The Kier molecular flexibility index (Phi) is 4.70. The summed E-state index contributed by atoms with van der Waals surface area (Å²) in [6.07, 6.45) is 0.0539. The second kappa shape index (κ2) is 7.75. The van der Waals surface area contributed by atoms with Gasteiger partial charge in [0, 0.05) is 24.5 Å². The van der Waals surface area contributed by atoms with E-state index in [0.717, 1.165) is 41.5 Å². The van der Waals surface area contributed by atoms with Crippen LogP contribution in [0.1, 0.15) is 38.1 Å². The van der Waals surface area contributed by atoms with Crippen molar-refractivity contribution in [3.63, 3.8) is 0 Å². The molecule has 0 radical (unpaired) electrons. The van der Waals surface area contributed by atoms with Crippen molar-refractivity contribution < 1.29 is 19.2 Å². The van der Waals surface area contributed by atoms with Crippen molar-refractivity contribution in [2.75, 3.05) is 18.7 Å². The summed E-state index contributed by atoms with van der Waals surface area (Å²) in [5.74, 6) is 0.549. The number of nitrogens with zero attached hydrogens (tertiary/aromatic N) is 2. The van der Waals surface area contributed by atoms with E-state index in [1.165, 1.54) is 11.6 Å². The molecule has 1 amide bonds. The maximum atomic E-state index is 13.1. The fraction of sp³-hybridized carbons (Fsp3) is 0.261. The molecule has 168 valence electrons. The number of amides is 1. The number of nitrogens with one attached hydrogen (secondary N) is 2. The van der Waals surface area contributed by atoms with Gasteiger partial charge < -0.3 is 20.1 Å². The molecule has 3 aliphatic heterocycles. The molecular weight excluding hydrogens is 444 g/mol. The normalized spacial score (nSPS) is 18.8. The van der Waals surface area contributed by atoms with Gasteiger partial charge in [-0.3, -0.25) is 19.8 Å². The van der Waals surface area contributed by atoms with E-state index in [1.54, 1.807) is 17.4 Å². The molecule has 0 saturated heterocycles. The lowest BCUT2D eigenvalue weighted by atomic mass is 9.99. The van der Waals surface area contributed by atoms with E-state index in [9.17, 15) is 14.9 Å². The second-order valence-electron chi connectivity index (χ2n) is 8.23. The molecule has 0 bridgehead atoms. The summed E-state index contributed by atoms with van der Waals surface area (Å²) in [6.45, 7) is 2.51. The van der Waals surface area contributed by atoms with E-state index in [0.29, 0.717) is 22.6 Å². The Bertz CT molecular complexity index is 1280. The largest absolute Gasteiger partial charge is 0.454 e. The predicted octanol–water partition coefficient (Wildman–Crippen LogP) is 3.80. The maximum Gasteiger partial charge on any atom is 0.280 e. The first-order chi connectivity index (χ1) is 16.1. The molecule has 2 N–H and O–H groups in total. The summed E-state index contributed by atoms with van der Waals surface area (Å²) in [4.78, 5) is 27.9. The number of hydrogen-bond donors (Lipinski definition) is 2. The minimum Gasteiger partial charge on any atom is -0.454 e. The lowest BCUT2D eigenvalue weighted by Crippen LogP contribution is -2.39. The van der Waals surface area contributed by atoms with Gasteiger partial charge in [-0.05, 0) is 23.6 Å². The summed E-state index contributed by atoms with van der Waals surface area (Å²) in [7, 11) is 0. The molecule has 2 aromatic carbocycles. The average molecular weight is 465 g/mol. The number of anilines is 1. The number of nitro groups is 1. The van der Waals surface area contributed by atoms with E-state index in [-0.39, 0.29) is 18.4 Å². The maximum absolute atomic E-state index is 13.1. The number of carbonyl (C=O) groups excluding carboxylic acids is 1. The molecule has 0 aliphatic carbocycles. The van der Waals surface area contributed by atoms with Gasteiger partial charge in [0.25, 0.3) is 11.6 Å². The molecule has 9 nitrogen and oxygen atoms in total. The van der Waals surface area contributed by atoms with E-state index in [4.69, 9.17) is 9.47 Å². The number of fused-ring (bicyclic) bond motifs is 4. The van der Waals surface area contributed by atoms with Gasteiger partial charge >= 0.3 is 0 Å². The van der Waals surface area contributed by atoms with Crippen molar-refractivity contribution in [2.24, 2.45) is 0 Å². The molecule has 1 atom stereocenters. The molecule has 10 heteroatoms. The SMILES string of the molecule is O=C1N[C@H](c2cc3c(cc2[N+](=O)[O-])OCO3)Nc2sc3c(c21)CCN(Cc1ccccc1)C3. The highest BCUT2D eigenvalue weighted by Crippen LogP contribution is 2.44. The van der Waals surface area contributed by atoms with E-state index < -0.39 is 11.1 Å². The summed E-state index contributed by atoms with van der Waals surface area (Å²) in [6, 6.07) is 13.2. The van der Waals surface area contributed by atoms with Gasteiger partial charge in [0.2, 0.25) is 6.79 Å². The topological polar surface area (TPSA) is 106 Å². The standard InChI is InChI=1S/C23H20N4O5S/c28-22-20-14-6-7-26(10-13-4-2-1-3-5-13)11-19(14)33-23(20)25-21(24-22)15-8-17-18(32-12-31-17)9-16(15)27(29)30/h1-5,8-9,21,25H,6-7,10-12H2,(H,24,28)/t21-/m0/s1. The monoisotopic (exact) mass is 464 g/mol. The van der Waals surface area contributed by atoms with Crippen LogP contribution in [-0.4, -0.2) is 29.1 Å². The van der Waals surface area contributed by atoms with Crippen LogP contribution in [0.4, 0.5) is 10.7 Å². The van der Waals surface area contributed by atoms with Crippen molar-refractivity contribution in [3.05, 3.63) is 79.7 Å². The Labute approximate surface area is 193 Å². The van der Waals surface area contributed by atoms with Crippen molar-refractivity contribution in [1.29, 1.82) is 0 Å². The van der Waals surface area contributed by atoms with Gasteiger partial charge in [-0.15, -0.1) is 11.3 Å².